The maximum Gasteiger partial charge on any atom is 0.165 e. The zero-order valence-corrected chi connectivity index (χ0v) is 8.32. The van der Waals surface area contributed by atoms with Gasteiger partial charge in [-0.05, 0) is 0 Å². The quantitative estimate of drug-likeness (QED) is 0.597. The monoisotopic (exact) mass is 184 g/mol. The van der Waals surface area contributed by atoms with Crippen LogP contribution in [-0.2, 0) is 4.79 Å². The molecule has 1 saturated heterocycles. The number of hydrogen-bond donors (Lipinski definition) is 1. The smallest absolute Gasteiger partial charge is 0.165 e. The number of hydroxylamine groups is 2. The van der Waals surface area contributed by atoms with Gasteiger partial charge in [-0.15, -0.1) is 0 Å². The molecule has 13 heavy (non-hydrogen) atoms. The van der Waals surface area contributed by atoms with Gasteiger partial charge in [0.15, 0.2) is 5.78 Å². The molecule has 0 aliphatic carbocycles. The van der Waals surface area contributed by atoms with Crippen molar-refractivity contribution < 1.29 is 10.0 Å². The lowest BCUT2D eigenvalue weighted by Gasteiger charge is -2.27. The minimum atomic E-state index is -0.107. The van der Waals surface area contributed by atoms with Gasteiger partial charge in [0, 0.05) is 38.3 Å². The Hall–Kier alpha value is -0.870. The topological polar surface area (TPSA) is 43.8 Å². The summed E-state index contributed by atoms with van der Waals surface area (Å²) in [6, 6.07) is 0. The molecule has 1 fully saturated rings. The van der Waals surface area contributed by atoms with E-state index in [2.05, 4.69) is 0 Å². The Morgan fingerprint density at radius 3 is 2.77 bits per heavy atom. The molecule has 1 heterocycles. The maximum absolute atomic E-state index is 11.6. The van der Waals surface area contributed by atoms with Crippen LogP contribution in [0.1, 0.15) is 6.92 Å². The first kappa shape index (κ1) is 10.2. The van der Waals surface area contributed by atoms with Gasteiger partial charge in [-0.25, -0.2) is 0 Å². The largest absolute Gasteiger partial charge is 0.383 e. The highest BCUT2D eigenvalue weighted by atomic mass is 16.5. The molecule has 4 heteroatoms. The normalized spacial score (nSPS) is 28.2. The van der Waals surface area contributed by atoms with Crippen molar-refractivity contribution >= 4 is 5.78 Å². The van der Waals surface area contributed by atoms with Crippen LogP contribution in [0.3, 0.4) is 0 Å². The summed E-state index contributed by atoms with van der Waals surface area (Å²) in [5.74, 6) is 0.0314. The second kappa shape index (κ2) is 3.89. The van der Waals surface area contributed by atoms with Gasteiger partial charge in [-0.2, -0.15) is 5.06 Å². The van der Waals surface area contributed by atoms with Gasteiger partial charge in [0.2, 0.25) is 0 Å². The molecular formula is C9H16N2O2. The molecule has 0 aromatic rings. The van der Waals surface area contributed by atoms with E-state index in [4.69, 9.17) is 0 Å². The molecule has 1 aliphatic heterocycles. The van der Waals surface area contributed by atoms with E-state index < -0.39 is 0 Å². The maximum atomic E-state index is 11.6. The van der Waals surface area contributed by atoms with Crippen molar-refractivity contribution in [3.8, 4) is 0 Å². The Balaban J connectivity index is 2.78. The predicted molar refractivity (Wildman–Crippen MR) is 49.3 cm³/mol. The van der Waals surface area contributed by atoms with Crippen LogP contribution in [0.15, 0.2) is 11.8 Å². The molecule has 1 N–H and O–H groups in total. The number of rotatable bonds is 1. The van der Waals surface area contributed by atoms with Crippen LogP contribution in [0, 0.1) is 5.92 Å². The van der Waals surface area contributed by atoms with E-state index in [1.165, 1.54) is 5.06 Å². The van der Waals surface area contributed by atoms with Crippen molar-refractivity contribution in [3.05, 3.63) is 11.8 Å². The summed E-state index contributed by atoms with van der Waals surface area (Å²) >= 11 is 0. The van der Waals surface area contributed by atoms with E-state index in [1.807, 2.05) is 25.9 Å². The summed E-state index contributed by atoms with van der Waals surface area (Å²) in [4.78, 5) is 13.4. The Bertz CT molecular complexity index is 236. The van der Waals surface area contributed by atoms with Crippen LogP contribution in [-0.4, -0.2) is 48.1 Å². The van der Waals surface area contributed by atoms with Crippen LogP contribution in [0.2, 0.25) is 0 Å². The number of ketones is 1. The van der Waals surface area contributed by atoms with Crippen molar-refractivity contribution in [3.63, 3.8) is 0 Å². The first-order valence-corrected chi connectivity index (χ1v) is 4.36. The lowest BCUT2D eigenvalue weighted by molar-refractivity contribution is -0.137. The molecule has 0 radical (unpaired) electrons. The van der Waals surface area contributed by atoms with E-state index in [9.17, 15) is 10.0 Å². The molecule has 0 saturated carbocycles. The predicted octanol–water partition coefficient (Wildman–Crippen LogP) is 0.342. The van der Waals surface area contributed by atoms with Crippen LogP contribution in [0.5, 0.6) is 0 Å². The van der Waals surface area contributed by atoms with Gasteiger partial charge >= 0.3 is 0 Å². The van der Waals surface area contributed by atoms with Gasteiger partial charge in [0.25, 0.3) is 0 Å². The molecular weight excluding hydrogens is 168 g/mol. The average Bonchev–Trinajstić information content (AvgIpc) is 1.98. The van der Waals surface area contributed by atoms with Crippen molar-refractivity contribution in [2.75, 3.05) is 27.2 Å². The Labute approximate surface area is 78.4 Å². The van der Waals surface area contributed by atoms with E-state index in [0.717, 1.165) is 0 Å². The highest BCUT2D eigenvalue weighted by molar-refractivity contribution is 5.98. The summed E-state index contributed by atoms with van der Waals surface area (Å²) in [6.07, 6.45) is 1.77. The average molecular weight is 184 g/mol. The highest BCUT2D eigenvalue weighted by Crippen LogP contribution is 2.15. The minimum absolute atomic E-state index is 0.107. The molecule has 0 spiro atoms. The fourth-order valence-corrected chi connectivity index (χ4v) is 1.47. The van der Waals surface area contributed by atoms with E-state index in [-0.39, 0.29) is 11.7 Å². The highest BCUT2D eigenvalue weighted by Gasteiger charge is 2.26. The second-order valence-corrected chi connectivity index (χ2v) is 3.73. The fraction of sp³-hybridized carbons (Fsp3) is 0.667. The first-order valence-electron chi connectivity index (χ1n) is 4.36. The van der Waals surface area contributed by atoms with Crippen LogP contribution >= 0.6 is 0 Å². The molecule has 0 aromatic heterocycles. The fourth-order valence-electron chi connectivity index (χ4n) is 1.47. The Kier molecular flexibility index (Phi) is 3.06. The van der Waals surface area contributed by atoms with Gasteiger partial charge in [0.1, 0.15) is 0 Å². The Morgan fingerprint density at radius 2 is 2.23 bits per heavy atom. The number of carbonyl (C=O) groups excluding carboxylic acids is 1. The summed E-state index contributed by atoms with van der Waals surface area (Å²) in [5.41, 5.74) is 0.672. The lowest BCUT2D eigenvalue weighted by Crippen LogP contribution is -2.39. The van der Waals surface area contributed by atoms with Gasteiger partial charge in [0.05, 0.1) is 6.54 Å². The molecule has 0 aromatic carbocycles. The number of hydrogen-bond acceptors (Lipinski definition) is 4. The molecule has 0 amide bonds. The second-order valence-electron chi connectivity index (χ2n) is 3.73. The van der Waals surface area contributed by atoms with Gasteiger partial charge in [-0.1, -0.05) is 6.92 Å². The number of nitrogens with zero attached hydrogens (tertiary/aromatic N) is 2. The van der Waals surface area contributed by atoms with Crippen molar-refractivity contribution in [2.24, 2.45) is 5.92 Å². The summed E-state index contributed by atoms with van der Waals surface area (Å²) in [7, 11) is 3.72. The molecule has 74 valence electrons. The van der Waals surface area contributed by atoms with Crippen molar-refractivity contribution in [1.29, 1.82) is 0 Å². The van der Waals surface area contributed by atoms with Crippen LogP contribution in [0.4, 0.5) is 0 Å². The third kappa shape index (κ3) is 2.54. The first-order chi connectivity index (χ1) is 6.00. The van der Waals surface area contributed by atoms with E-state index >= 15 is 0 Å². The van der Waals surface area contributed by atoms with Gasteiger partial charge < -0.3 is 10.1 Å². The number of Topliss-reactive ketones (excluding diaryl/α,β-unsaturated/α-hetero) is 1. The molecule has 1 atom stereocenters. The third-order valence-electron chi connectivity index (χ3n) is 2.02. The molecule has 1 unspecified atom stereocenters. The van der Waals surface area contributed by atoms with Crippen LogP contribution < -0.4 is 0 Å². The standard InChI is InChI=1S/C9H16N2O2/c1-7-4-11(13)6-8(9(7)12)5-10(2)3/h5,7,13H,4,6H2,1-3H3/b8-5+. The Morgan fingerprint density at radius 1 is 1.62 bits per heavy atom. The van der Waals surface area contributed by atoms with E-state index in [0.29, 0.717) is 18.7 Å². The summed E-state index contributed by atoms with van der Waals surface area (Å²) in [5, 5.41) is 10.5. The lowest BCUT2D eigenvalue weighted by atomic mass is 9.96. The summed E-state index contributed by atoms with van der Waals surface area (Å²) < 4.78 is 0. The molecule has 1 rings (SSSR count). The zero-order valence-electron chi connectivity index (χ0n) is 8.32. The van der Waals surface area contributed by atoms with Crippen molar-refractivity contribution in [2.45, 2.75) is 6.92 Å². The number of carbonyl (C=O) groups is 1. The van der Waals surface area contributed by atoms with Crippen LogP contribution in [0.25, 0.3) is 0 Å². The molecule has 1 aliphatic rings. The minimum Gasteiger partial charge on any atom is -0.383 e. The SMILES string of the molecule is CC1CN(O)C/C(=C\N(C)C)C1=O. The molecule has 4 nitrogen and oxygen atoms in total. The van der Waals surface area contributed by atoms with Gasteiger partial charge in [-0.3, -0.25) is 4.79 Å². The van der Waals surface area contributed by atoms with E-state index in [1.54, 1.807) is 6.20 Å². The molecule has 0 bridgehead atoms. The van der Waals surface area contributed by atoms with Crippen molar-refractivity contribution in [1.82, 2.24) is 9.96 Å². The third-order valence-corrected chi connectivity index (χ3v) is 2.02. The number of piperidine rings is 1. The summed E-state index contributed by atoms with van der Waals surface area (Å²) in [6.45, 7) is 2.60. The zero-order chi connectivity index (χ0) is 10.0.